The van der Waals surface area contributed by atoms with Gasteiger partial charge in [0.25, 0.3) is 0 Å². The first kappa shape index (κ1) is 15.3. The molecule has 2 aliphatic rings. The van der Waals surface area contributed by atoms with Crippen LogP contribution in [0.2, 0.25) is 0 Å². The Kier molecular flexibility index (Phi) is 3.75. The monoisotopic (exact) mass is 336 g/mol. The minimum Gasteiger partial charge on any atom is -0.284 e. The highest BCUT2D eigenvalue weighted by atomic mass is 14.8. The van der Waals surface area contributed by atoms with Gasteiger partial charge < -0.3 is 0 Å². The van der Waals surface area contributed by atoms with Crippen LogP contribution in [0.5, 0.6) is 0 Å². The maximum Gasteiger partial charge on any atom is 0.0694 e. The number of nitrogens with zero attached hydrogens (tertiary/aromatic N) is 2. The first-order valence-electron chi connectivity index (χ1n) is 9.25. The molecular formula is C24H20N2. The third-order valence-electron chi connectivity index (χ3n) is 5.27. The molecule has 0 saturated carbocycles. The van der Waals surface area contributed by atoms with Crippen LogP contribution in [0, 0.1) is 0 Å². The van der Waals surface area contributed by atoms with Crippen LogP contribution in [0.25, 0.3) is 17.2 Å². The molecule has 126 valence electrons. The molecule has 0 radical (unpaired) electrons. The summed E-state index contributed by atoms with van der Waals surface area (Å²) in [5.41, 5.74) is 10.4. The van der Waals surface area contributed by atoms with Crippen LogP contribution < -0.4 is 0 Å². The summed E-state index contributed by atoms with van der Waals surface area (Å²) in [6.07, 6.45) is 9.27. The second-order valence-corrected chi connectivity index (χ2v) is 7.00. The second kappa shape index (κ2) is 6.38. The van der Waals surface area contributed by atoms with Crippen molar-refractivity contribution in [3.05, 3.63) is 94.8 Å². The minimum atomic E-state index is 0.904. The van der Waals surface area contributed by atoms with E-state index in [1.165, 1.54) is 33.4 Å². The number of rotatable bonds is 2. The molecule has 0 bridgehead atoms. The van der Waals surface area contributed by atoms with E-state index in [-0.39, 0.29) is 0 Å². The Bertz CT molecular complexity index is 1030. The van der Waals surface area contributed by atoms with E-state index in [9.17, 15) is 0 Å². The van der Waals surface area contributed by atoms with Gasteiger partial charge in [-0.05, 0) is 70.9 Å². The van der Waals surface area contributed by atoms with Crippen molar-refractivity contribution in [2.75, 3.05) is 6.54 Å². The zero-order valence-corrected chi connectivity index (χ0v) is 14.7. The third kappa shape index (κ3) is 2.68. The Morgan fingerprint density at radius 1 is 0.885 bits per heavy atom. The van der Waals surface area contributed by atoms with E-state index < -0.39 is 0 Å². The average Bonchev–Trinajstić information content (AvgIpc) is 3.07. The van der Waals surface area contributed by atoms with Gasteiger partial charge in [-0.15, -0.1) is 0 Å². The van der Waals surface area contributed by atoms with Crippen molar-refractivity contribution >= 4 is 11.8 Å². The van der Waals surface area contributed by atoms with Crippen molar-refractivity contribution in [3.63, 3.8) is 0 Å². The zero-order valence-electron chi connectivity index (χ0n) is 14.7. The van der Waals surface area contributed by atoms with Crippen molar-refractivity contribution in [3.8, 4) is 11.1 Å². The first-order valence-corrected chi connectivity index (χ1v) is 9.25. The fraction of sp³-hybridized carbons (Fsp3) is 0.167. The predicted octanol–water partition coefficient (Wildman–Crippen LogP) is 5.32. The fourth-order valence-electron chi connectivity index (χ4n) is 4.06. The Balaban J connectivity index is 1.52. The van der Waals surface area contributed by atoms with E-state index in [2.05, 4.69) is 59.6 Å². The van der Waals surface area contributed by atoms with Crippen LogP contribution in [0.4, 0.5) is 0 Å². The van der Waals surface area contributed by atoms with E-state index in [1.807, 2.05) is 18.5 Å². The lowest BCUT2D eigenvalue weighted by atomic mass is 9.94. The molecule has 1 aromatic heterocycles. The molecule has 3 aromatic rings. The number of hydrogen-bond donors (Lipinski definition) is 0. The molecule has 0 unspecified atom stereocenters. The SMILES string of the molecule is C(=C1/CCCN=C1c1cccnc1)/c1ccc2c(c1)Cc1ccccc1-2. The van der Waals surface area contributed by atoms with E-state index in [1.54, 1.807) is 0 Å². The Labute approximate surface area is 154 Å². The van der Waals surface area contributed by atoms with Gasteiger partial charge in [-0.1, -0.05) is 42.5 Å². The summed E-state index contributed by atoms with van der Waals surface area (Å²) in [6, 6.07) is 19.7. The largest absolute Gasteiger partial charge is 0.284 e. The molecule has 0 fully saturated rings. The van der Waals surface area contributed by atoms with Crippen LogP contribution in [0.3, 0.4) is 0 Å². The smallest absolute Gasteiger partial charge is 0.0694 e. The summed E-state index contributed by atoms with van der Waals surface area (Å²) in [5, 5.41) is 0. The molecule has 0 spiro atoms. The van der Waals surface area contributed by atoms with E-state index in [0.717, 1.165) is 37.1 Å². The Morgan fingerprint density at radius 2 is 1.81 bits per heavy atom. The van der Waals surface area contributed by atoms with Gasteiger partial charge in [0, 0.05) is 24.5 Å². The van der Waals surface area contributed by atoms with E-state index in [0.29, 0.717) is 0 Å². The van der Waals surface area contributed by atoms with Gasteiger partial charge in [0.05, 0.1) is 5.71 Å². The highest BCUT2D eigenvalue weighted by molar-refractivity contribution is 6.15. The summed E-state index contributed by atoms with van der Waals surface area (Å²) in [5.74, 6) is 0. The number of fused-ring (bicyclic) bond motifs is 3. The summed E-state index contributed by atoms with van der Waals surface area (Å²) in [7, 11) is 0. The number of pyridine rings is 1. The zero-order chi connectivity index (χ0) is 17.3. The molecule has 0 saturated heterocycles. The van der Waals surface area contributed by atoms with Gasteiger partial charge in [0.2, 0.25) is 0 Å². The molecule has 0 amide bonds. The maximum atomic E-state index is 4.79. The fourth-order valence-corrected chi connectivity index (χ4v) is 4.06. The van der Waals surface area contributed by atoms with Gasteiger partial charge in [-0.25, -0.2) is 0 Å². The number of aliphatic imine (C=N–C) groups is 1. The standard InChI is InChI=1S/C24H20N2/c1-2-8-22-18(5-1)15-21-14-17(9-10-23(21)22)13-19-6-4-12-26-24(19)20-7-3-11-25-16-20/h1-3,5,7-11,13-14,16H,4,6,12,15H2/b19-13+. The highest BCUT2D eigenvalue weighted by Gasteiger charge is 2.18. The quantitative estimate of drug-likeness (QED) is 0.486. The van der Waals surface area contributed by atoms with E-state index in [4.69, 9.17) is 4.99 Å². The van der Waals surface area contributed by atoms with Gasteiger partial charge in [-0.2, -0.15) is 0 Å². The predicted molar refractivity (Wildman–Crippen MR) is 108 cm³/mol. The molecule has 0 atom stereocenters. The van der Waals surface area contributed by atoms with Crippen LogP contribution >= 0.6 is 0 Å². The number of hydrogen-bond acceptors (Lipinski definition) is 2. The Hall–Kier alpha value is -3.00. The normalized spacial score (nSPS) is 16.9. The van der Waals surface area contributed by atoms with Gasteiger partial charge in [-0.3, -0.25) is 9.98 Å². The van der Waals surface area contributed by atoms with Crippen molar-refractivity contribution in [2.24, 2.45) is 4.99 Å². The lowest BCUT2D eigenvalue weighted by Crippen LogP contribution is -2.11. The average molecular weight is 336 g/mol. The third-order valence-corrected chi connectivity index (χ3v) is 5.27. The van der Waals surface area contributed by atoms with Crippen LogP contribution in [0.15, 0.2) is 77.6 Å². The van der Waals surface area contributed by atoms with Crippen LogP contribution in [-0.4, -0.2) is 17.2 Å². The molecule has 1 aliphatic carbocycles. The highest BCUT2D eigenvalue weighted by Crippen LogP contribution is 2.37. The van der Waals surface area contributed by atoms with Crippen molar-refractivity contribution < 1.29 is 0 Å². The molecule has 2 heterocycles. The van der Waals surface area contributed by atoms with Gasteiger partial charge >= 0.3 is 0 Å². The van der Waals surface area contributed by atoms with Gasteiger partial charge in [0.1, 0.15) is 0 Å². The number of allylic oxidation sites excluding steroid dienone is 1. The first-order chi connectivity index (χ1) is 12.9. The number of benzene rings is 2. The lowest BCUT2D eigenvalue weighted by Gasteiger charge is -2.16. The van der Waals surface area contributed by atoms with Crippen LogP contribution in [-0.2, 0) is 6.42 Å². The summed E-state index contributed by atoms with van der Waals surface area (Å²) < 4.78 is 0. The topological polar surface area (TPSA) is 25.2 Å². The summed E-state index contributed by atoms with van der Waals surface area (Å²) in [6.45, 7) is 0.904. The van der Waals surface area contributed by atoms with Gasteiger partial charge in [0.15, 0.2) is 0 Å². The van der Waals surface area contributed by atoms with Crippen LogP contribution in [0.1, 0.15) is 35.1 Å². The minimum absolute atomic E-state index is 0.904. The molecule has 2 heteroatoms. The van der Waals surface area contributed by atoms with Crippen molar-refractivity contribution in [1.82, 2.24) is 4.98 Å². The summed E-state index contributed by atoms with van der Waals surface area (Å²) >= 11 is 0. The molecule has 1 aliphatic heterocycles. The molecule has 26 heavy (non-hydrogen) atoms. The molecule has 2 nitrogen and oxygen atoms in total. The molecule has 2 aromatic carbocycles. The lowest BCUT2D eigenvalue weighted by molar-refractivity contribution is 0.818. The maximum absolute atomic E-state index is 4.79. The Morgan fingerprint density at radius 3 is 2.73 bits per heavy atom. The molecular weight excluding hydrogens is 316 g/mol. The van der Waals surface area contributed by atoms with Crippen molar-refractivity contribution in [1.29, 1.82) is 0 Å². The van der Waals surface area contributed by atoms with E-state index >= 15 is 0 Å². The molecule has 5 rings (SSSR count). The second-order valence-electron chi connectivity index (χ2n) is 7.00. The van der Waals surface area contributed by atoms with Crippen molar-refractivity contribution in [2.45, 2.75) is 19.3 Å². The molecule has 0 N–H and O–H groups in total. The number of aromatic nitrogens is 1. The summed E-state index contributed by atoms with van der Waals surface area (Å²) in [4.78, 5) is 9.05.